The molecule has 0 spiro atoms. The summed E-state index contributed by atoms with van der Waals surface area (Å²) in [5.41, 5.74) is -0.328. The maximum Gasteiger partial charge on any atom is 0.228 e. The van der Waals surface area contributed by atoms with E-state index in [9.17, 15) is 4.79 Å². The van der Waals surface area contributed by atoms with Gasteiger partial charge in [0, 0.05) is 26.9 Å². The molecular weight excluding hydrogens is 244 g/mol. The Morgan fingerprint density at radius 2 is 2.05 bits per heavy atom. The third kappa shape index (κ3) is 3.91. The van der Waals surface area contributed by atoms with Crippen LogP contribution in [0.25, 0.3) is 0 Å². The van der Waals surface area contributed by atoms with Crippen molar-refractivity contribution >= 4 is 5.91 Å². The summed E-state index contributed by atoms with van der Waals surface area (Å²) in [5, 5.41) is 6.45. The first-order chi connectivity index (χ1) is 9.27. The van der Waals surface area contributed by atoms with Crippen LogP contribution in [0, 0.1) is 11.3 Å². The number of amides is 1. The van der Waals surface area contributed by atoms with Gasteiger partial charge in [0.25, 0.3) is 0 Å². The van der Waals surface area contributed by atoms with Gasteiger partial charge in [0.15, 0.2) is 0 Å². The maximum absolute atomic E-state index is 12.5. The average molecular weight is 270 g/mol. The Balaban J connectivity index is 1.84. The van der Waals surface area contributed by atoms with E-state index in [0.717, 1.165) is 58.5 Å². The summed E-state index contributed by atoms with van der Waals surface area (Å²) >= 11 is 0. The Labute approximate surface area is 115 Å². The molecule has 1 amide bonds. The van der Waals surface area contributed by atoms with Crippen molar-refractivity contribution in [3.63, 3.8) is 0 Å². The van der Waals surface area contributed by atoms with Crippen LogP contribution in [0.3, 0.4) is 0 Å². The van der Waals surface area contributed by atoms with Crippen LogP contribution in [0.5, 0.6) is 0 Å². The fraction of sp³-hybridized carbons (Fsp3) is 0.929. The van der Waals surface area contributed by atoms with Crippen molar-refractivity contribution in [3.8, 4) is 0 Å². The number of piperidine rings is 1. The highest BCUT2D eigenvalue weighted by Crippen LogP contribution is 2.29. The topological polar surface area (TPSA) is 59.6 Å². The Bertz CT molecular complexity index is 279. The monoisotopic (exact) mass is 270 g/mol. The lowest BCUT2D eigenvalue weighted by Gasteiger charge is -2.36. The van der Waals surface area contributed by atoms with E-state index in [1.165, 1.54) is 0 Å². The normalized spacial score (nSPS) is 24.1. The number of methoxy groups -OCH3 is 1. The molecule has 2 N–H and O–H groups in total. The highest BCUT2D eigenvalue weighted by Gasteiger charge is 2.39. The van der Waals surface area contributed by atoms with Gasteiger partial charge in [-0.1, -0.05) is 0 Å². The van der Waals surface area contributed by atoms with Crippen LogP contribution in [-0.2, 0) is 14.3 Å². The summed E-state index contributed by atoms with van der Waals surface area (Å²) in [6.45, 7) is 4.75. The van der Waals surface area contributed by atoms with Crippen LogP contribution in [0.15, 0.2) is 0 Å². The number of hydrogen-bond donors (Lipinski definition) is 2. The van der Waals surface area contributed by atoms with Crippen molar-refractivity contribution in [1.29, 1.82) is 0 Å². The first-order valence-electron chi connectivity index (χ1n) is 7.32. The summed E-state index contributed by atoms with van der Waals surface area (Å²) in [5.74, 6) is 0.737. The quantitative estimate of drug-likeness (QED) is 0.766. The SMILES string of the molecule is COCC1(C(=O)NCC2CCOCC2)CCNCC1. The number of carbonyl (C=O) groups is 1. The zero-order valence-electron chi connectivity index (χ0n) is 11.9. The van der Waals surface area contributed by atoms with Crippen molar-refractivity contribution in [2.45, 2.75) is 25.7 Å². The third-order valence-electron chi connectivity index (χ3n) is 4.36. The predicted octanol–water partition coefficient (Wildman–Crippen LogP) is 0.545. The molecule has 0 bridgehead atoms. The van der Waals surface area contributed by atoms with Gasteiger partial charge in [-0.05, 0) is 44.7 Å². The molecular formula is C14H26N2O3. The molecule has 0 atom stereocenters. The molecule has 2 saturated heterocycles. The van der Waals surface area contributed by atoms with Crippen molar-refractivity contribution < 1.29 is 14.3 Å². The van der Waals surface area contributed by atoms with E-state index in [0.29, 0.717) is 12.5 Å². The maximum atomic E-state index is 12.5. The van der Waals surface area contributed by atoms with Crippen molar-refractivity contribution in [1.82, 2.24) is 10.6 Å². The second-order valence-electron chi connectivity index (χ2n) is 5.73. The summed E-state index contributed by atoms with van der Waals surface area (Å²) in [4.78, 5) is 12.5. The Morgan fingerprint density at radius 1 is 1.37 bits per heavy atom. The van der Waals surface area contributed by atoms with Gasteiger partial charge < -0.3 is 20.1 Å². The first-order valence-corrected chi connectivity index (χ1v) is 7.32. The summed E-state index contributed by atoms with van der Waals surface area (Å²) in [7, 11) is 1.68. The summed E-state index contributed by atoms with van der Waals surface area (Å²) < 4.78 is 10.6. The number of nitrogens with one attached hydrogen (secondary N) is 2. The molecule has 0 aromatic heterocycles. The molecule has 2 fully saturated rings. The third-order valence-corrected chi connectivity index (χ3v) is 4.36. The molecule has 0 aromatic rings. The second kappa shape index (κ2) is 7.22. The van der Waals surface area contributed by atoms with Gasteiger partial charge in [-0.15, -0.1) is 0 Å². The van der Waals surface area contributed by atoms with E-state index < -0.39 is 0 Å². The zero-order valence-corrected chi connectivity index (χ0v) is 11.9. The minimum Gasteiger partial charge on any atom is -0.384 e. The Kier molecular flexibility index (Phi) is 5.60. The molecule has 5 heteroatoms. The van der Waals surface area contributed by atoms with Gasteiger partial charge in [-0.3, -0.25) is 4.79 Å². The average Bonchev–Trinajstić information content (AvgIpc) is 2.47. The lowest BCUT2D eigenvalue weighted by molar-refractivity contribution is -0.136. The highest BCUT2D eigenvalue weighted by atomic mass is 16.5. The predicted molar refractivity (Wildman–Crippen MR) is 73.0 cm³/mol. The van der Waals surface area contributed by atoms with Crippen LogP contribution in [0.1, 0.15) is 25.7 Å². The van der Waals surface area contributed by atoms with Gasteiger partial charge in [0.05, 0.1) is 12.0 Å². The molecule has 0 aliphatic carbocycles. The molecule has 19 heavy (non-hydrogen) atoms. The van der Waals surface area contributed by atoms with Gasteiger partial charge in [0.1, 0.15) is 0 Å². The Hall–Kier alpha value is -0.650. The van der Waals surface area contributed by atoms with E-state index in [4.69, 9.17) is 9.47 Å². The fourth-order valence-corrected chi connectivity index (χ4v) is 2.99. The van der Waals surface area contributed by atoms with Gasteiger partial charge >= 0.3 is 0 Å². The second-order valence-corrected chi connectivity index (χ2v) is 5.73. The van der Waals surface area contributed by atoms with Gasteiger partial charge in [-0.25, -0.2) is 0 Å². The van der Waals surface area contributed by atoms with Crippen LogP contribution >= 0.6 is 0 Å². The van der Waals surface area contributed by atoms with Crippen LogP contribution in [-0.4, -0.2) is 52.5 Å². The number of hydrogen-bond acceptors (Lipinski definition) is 4. The smallest absolute Gasteiger partial charge is 0.228 e. The zero-order chi connectivity index (χ0) is 13.6. The van der Waals surface area contributed by atoms with Crippen molar-refractivity contribution in [2.75, 3.05) is 46.6 Å². The number of carbonyl (C=O) groups excluding carboxylic acids is 1. The van der Waals surface area contributed by atoms with E-state index >= 15 is 0 Å². The minimum absolute atomic E-state index is 0.169. The van der Waals surface area contributed by atoms with Crippen molar-refractivity contribution in [3.05, 3.63) is 0 Å². The van der Waals surface area contributed by atoms with Crippen molar-refractivity contribution in [2.24, 2.45) is 11.3 Å². The fourth-order valence-electron chi connectivity index (χ4n) is 2.99. The molecule has 110 valence electrons. The van der Waals surface area contributed by atoms with E-state index in [2.05, 4.69) is 10.6 Å². The molecule has 0 unspecified atom stereocenters. The molecule has 2 aliphatic rings. The molecule has 0 aromatic carbocycles. The Morgan fingerprint density at radius 3 is 2.68 bits per heavy atom. The molecule has 5 nitrogen and oxygen atoms in total. The van der Waals surface area contributed by atoms with Crippen LogP contribution in [0.4, 0.5) is 0 Å². The van der Waals surface area contributed by atoms with Gasteiger partial charge in [0.2, 0.25) is 5.91 Å². The molecule has 2 heterocycles. The largest absolute Gasteiger partial charge is 0.384 e. The molecule has 2 aliphatic heterocycles. The van der Waals surface area contributed by atoms with Gasteiger partial charge in [-0.2, -0.15) is 0 Å². The van der Waals surface area contributed by atoms with Crippen LogP contribution < -0.4 is 10.6 Å². The standard InChI is InChI=1S/C14H26N2O3/c1-18-11-14(4-6-15-7-5-14)13(17)16-10-12-2-8-19-9-3-12/h12,15H,2-11H2,1H3,(H,16,17). The molecule has 2 rings (SSSR count). The lowest BCUT2D eigenvalue weighted by Crippen LogP contribution is -2.51. The number of ether oxygens (including phenoxy) is 2. The van der Waals surface area contributed by atoms with E-state index in [1.807, 2.05) is 0 Å². The minimum atomic E-state index is -0.328. The molecule has 0 radical (unpaired) electrons. The van der Waals surface area contributed by atoms with Crippen LogP contribution in [0.2, 0.25) is 0 Å². The number of rotatable bonds is 5. The first kappa shape index (κ1) is 14.8. The highest BCUT2D eigenvalue weighted by molar-refractivity contribution is 5.83. The van der Waals surface area contributed by atoms with E-state index in [-0.39, 0.29) is 11.3 Å². The lowest BCUT2D eigenvalue weighted by atomic mass is 9.78. The van der Waals surface area contributed by atoms with E-state index in [1.54, 1.807) is 7.11 Å². The summed E-state index contributed by atoms with van der Waals surface area (Å²) in [6.07, 6.45) is 3.83. The molecule has 0 saturated carbocycles. The summed E-state index contributed by atoms with van der Waals surface area (Å²) in [6, 6.07) is 0.